The van der Waals surface area contributed by atoms with Gasteiger partial charge in [-0.05, 0) is 36.4 Å². The van der Waals surface area contributed by atoms with E-state index in [0.29, 0.717) is 37.6 Å². The molecular formula is C19H18ClF3N4O4. The number of nitro groups is 1. The van der Waals surface area contributed by atoms with Crippen molar-refractivity contribution >= 4 is 34.6 Å². The van der Waals surface area contributed by atoms with Crippen molar-refractivity contribution < 1.29 is 27.6 Å². The Morgan fingerprint density at radius 3 is 2.35 bits per heavy atom. The predicted molar refractivity (Wildman–Crippen MR) is 109 cm³/mol. The number of amides is 1. The number of benzene rings is 2. The van der Waals surface area contributed by atoms with Gasteiger partial charge in [-0.3, -0.25) is 19.8 Å². The van der Waals surface area contributed by atoms with Gasteiger partial charge in [0, 0.05) is 43.0 Å². The minimum Gasteiger partial charge on any atom is -0.406 e. The Hall–Kier alpha value is -3.05. The Balaban J connectivity index is 1.51. The van der Waals surface area contributed by atoms with Crippen molar-refractivity contribution in [2.45, 2.75) is 6.36 Å². The molecule has 12 heteroatoms. The smallest absolute Gasteiger partial charge is 0.406 e. The lowest BCUT2D eigenvalue weighted by Crippen LogP contribution is -2.48. The highest BCUT2D eigenvalue weighted by Gasteiger charge is 2.31. The molecule has 1 heterocycles. The van der Waals surface area contributed by atoms with Crippen LogP contribution in [-0.4, -0.2) is 54.8 Å². The number of nitro benzene ring substituents is 1. The molecule has 0 saturated carbocycles. The molecule has 0 aromatic heterocycles. The van der Waals surface area contributed by atoms with Gasteiger partial charge in [0.2, 0.25) is 5.91 Å². The zero-order chi connectivity index (χ0) is 22.6. The van der Waals surface area contributed by atoms with Gasteiger partial charge in [0.1, 0.15) is 11.4 Å². The van der Waals surface area contributed by atoms with Gasteiger partial charge in [0.05, 0.1) is 11.5 Å². The average Bonchev–Trinajstić information content (AvgIpc) is 2.69. The monoisotopic (exact) mass is 458 g/mol. The Morgan fingerprint density at radius 2 is 1.77 bits per heavy atom. The number of halogens is 4. The number of hydrogen-bond acceptors (Lipinski definition) is 6. The summed E-state index contributed by atoms with van der Waals surface area (Å²) in [4.78, 5) is 26.8. The molecule has 0 spiro atoms. The van der Waals surface area contributed by atoms with E-state index in [9.17, 15) is 28.1 Å². The maximum Gasteiger partial charge on any atom is 0.573 e. The fourth-order valence-corrected chi connectivity index (χ4v) is 3.37. The van der Waals surface area contributed by atoms with E-state index >= 15 is 0 Å². The number of nitrogens with zero attached hydrogens (tertiary/aromatic N) is 3. The van der Waals surface area contributed by atoms with Crippen molar-refractivity contribution in [3.05, 3.63) is 57.6 Å². The molecule has 2 aromatic rings. The van der Waals surface area contributed by atoms with Gasteiger partial charge in [-0.1, -0.05) is 11.6 Å². The van der Waals surface area contributed by atoms with Crippen molar-refractivity contribution in [2.24, 2.45) is 0 Å². The molecule has 1 fully saturated rings. The number of carbonyl (C=O) groups excluding carboxylic acids is 1. The molecule has 31 heavy (non-hydrogen) atoms. The molecule has 0 bridgehead atoms. The van der Waals surface area contributed by atoms with Crippen LogP contribution in [0.15, 0.2) is 42.5 Å². The van der Waals surface area contributed by atoms with Crippen LogP contribution in [0.3, 0.4) is 0 Å². The number of carbonyl (C=O) groups is 1. The molecule has 0 aliphatic carbocycles. The van der Waals surface area contributed by atoms with E-state index in [4.69, 9.17) is 11.6 Å². The fourth-order valence-electron chi connectivity index (χ4n) is 3.20. The number of ether oxygens (including phenoxy) is 1. The molecule has 0 unspecified atom stereocenters. The van der Waals surface area contributed by atoms with Gasteiger partial charge in [-0.15, -0.1) is 13.2 Å². The van der Waals surface area contributed by atoms with Crippen LogP contribution < -0.4 is 15.0 Å². The van der Waals surface area contributed by atoms with Crippen LogP contribution >= 0.6 is 11.6 Å². The summed E-state index contributed by atoms with van der Waals surface area (Å²) < 4.78 is 40.3. The third-order valence-electron chi connectivity index (χ3n) is 4.59. The van der Waals surface area contributed by atoms with Crippen LogP contribution in [0, 0.1) is 10.1 Å². The lowest BCUT2D eigenvalue weighted by molar-refractivity contribution is -0.384. The Morgan fingerprint density at radius 1 is 1.13 bits per heavy atom. The average molecular weight is 459 g/mol. The van der Waals surface area contributed by atoms with E-state index in [1.165, 1.54) is 18.2 Å². The van der Waals surface area contributed by atoms with Gasteiger partial charge >= 0.3 is 6.36 Å². The predicted octanol–water partition coefficient (Wildman–Crippen LogP) is 3.91. The maximum atomic E-state index is 12.2. The Kier molecular flexibility index (Phi) is 6.86. The zero-order valence-electron chi connectivity index (χ0n) is 16.1. The molecule has 1 aliphatic rings. The summed E-state index contributed by atoms with van der Waals surface area (Å²) in [5.41, 5.74) is 0.742. The van der Waals surface area contributed by atoms with Crippen molar-refractivity contribution in [1.29, 1.82) is 0 Å². The second kappa shape index (κ2) is 9.40. The summed E-state index contributed by atoms with van der Waals surface area (Å²) in [6.07, 6.45) is -4.78. The first-order valence-corrected chi connectivity index (χ1v) is 9.55. The highest BCUT2D eigenvalue weighted by atomic mass is 35.5. The molecule has 2 aromatic carbocycles. The van der Waals surface area contributed by atoms with E-state index in [-0.39, 0.29) is 28.9 Å². The number of hydrogen-bond donors (Lipinski definition) is 1. The van der Waals surface area contributed by atoms with Gasteiger partial charge < -0.3 is 15.0 Å². The largest absolute Gasteiger partial charge is 0.573 e. The van der Waals surface area contributed by atoms with E-state index in [0.717, 1.165) is 12.1 Å². The molecule has 1 N–H and O–H groups in total. The maximum absolute atomic E-state index is 12.2. The standard InChI is InChI=1S/C19H18ClF3N4O4/c20-13-1-6-16(17(11-13)27(29)30)26-9-7-25(8-10-26)12-18(28)24-14-2-4-15(5-3-14)31-19(21,22)23/h1-6,11H,7-10,12H2,(H,24,28). The molecule has 1 saturated heterocycles. The van der Waals surface area contributed by atoms with Crippen LogP contribution in [0.4, 0.5) is 30.2 Å². The normalized spacial score (nSPS) is 14.9. The molecule has 0 radical (unpaired) electrons. The number of alkyl halides is 3. The summed E-state index contributed by atoms with van der Waals surface area (Å²) in [7, 11) is 0. The van der Waals surface area contributed by atoms with Gasteiger partial charge in [0.25, 0.3) is 5.69 Å². The van der Waals surface area contributed by atoms with Crippen molar-refractivity contribution in [3.63, 3.8) is 0 Å². The quantitative estimate of drug-likeness (QED) is 0.521. The molecule has 3 rings (SSSR count). The first kappa shape index (κ1) is 22.6. The SMILES string of the molecule is O=C(CN1CCN(c2ccc(Cl)cc2[N+](=O)[O-])CC1)Nc1ccc(OC(F)(F)F)cc1. The molecular weight excluding hydrogens is 441 g/mol. The number of anilines is 2. The van der Waals surface area contributed by atoms with Gasteiger partial charge in [-0.2, -0.15) is 0 Å². The molecule has 166 valence electrons. The highest BCUT2D eigenvalue weighted by Crippen LogP contribution is 2.31. The lowest BCUT2D eigenvalue weighted by Gasteiger charge is -2.35. The minimum absolute atomic E-state index is 0.0726. The second-order valence-electron chi connectivity index (χ2n) is 6.77. The summed E-state index contributed by atoms with van der Waals surface area (Å²) in [6.45, 7) is 2.06. The topological polar surface area (TPSA) is 88.0 Å². The van der Waals surface area contributed by atoms with E-state index in [1.807, 2.05) is 9.80 Å². The molecule has 0 atom stereocenters. The lowest BCUT2D eigenvalue weighted by atomic mass is 10.2. The van der Waals surface area contributed by atoms with Gasteiger partial charge in [0.15, 0.2) is 0 Å². The van der Waals surface area contributed by atoms with Gasteiger partial charge in [-0.25, -0.2) is 0 Å². The van der Waals surface area contributed by atoms with Crippen molar-refractivity contribution in [3.8, 4) is 5.75 Å². The second-order valence-corrected chi connectivity index (χ2v) is 7.21. The Bertz CT molecular complexity index is 948. The zero-order valence-corrected chi connectivity index (χ0v) is 16.8. The first-order valence-electron chi connectivity index (χ1n) is 9.17. The molecule has 1 aliphatic heterocycles. The Labute approximate surface area is 180 Å². The number of piperazine rings is 1. The van der Waals surface area contributed by atoms with Crippen LogP contribution in [0.1, 0.15) is 0 Å². The number of rotatable bonds is 6. The summed E-state index contributed by atoms with van der Waals surface area (Å²) >= 11 is 5.85. The van der Waals surface area contributed by atoms with E-state index in [1.54, 1.807) is 12.1 Å². The minimum atomic E-state index is -4.78. The van der Waals surface area contributed by atoms with Crippen molar-refractivity contribution in [1.82, 2.24) is 4.90 Å². The fraction of sp³-hybridized carbons (Fsp3) is 0.316. The van der Waals surface area contributed by atoms with Crippen LogP contribution in [0.5, 0.6) is 5.75 Å². The third-order valence-corrected chi connectivity index (χ3v) is 4.82. The molecule has 8 nitrogen and oxygen atoms in total. The summed E-state index contributed by atoms with van der Waals surface area (Å²) in [5.74, 6) is -0.701. The first-order chi connectivity index (χ1) is 14.6. The van der Waals surface area contributed by atoms with Crippen LogP contribution in [0.2, 0.25) is 5.02 Å². The third kappa shape index (κ3) is 6.46. The number of nitrogens with one attached hydrogen (secondary N) is 1. The highest BCUT2D eigenvalue weighted by molar-refractivity contribution is 6.30. The van der Waals surface area contributed by atoms with Crippen molar-refractivity contribution in [2.75, 3.05) is 42.9 Å². The summed E-state index contributed by atoms with van der Waals surface area (Å²) in [6, 6.07) is 9.36. The molecule has 1 amide bonds. The van der Waals surface area contributed by atoms with E-state index in [2.05, 4.69) is 10.1 Å². The van der Waals surface area contributed by atoms with Crippen LogP contribution in [0.25, 0.3) is 0 Å². The van der Waals surface area contributed by atoms with Crippen LogP contribution in [-0.2, 0) is 4.79 Å². The summed E-state index contributed by atoms with van der Waals surface area (Å²) in [5, 5.41) is 14.2. The van der Waals surface area contributed by atoms with E-state index < -0.39 is 11.3 Å².